The van der Waals surface area contributed by atoms with Gasteiger partial charge in [0, 0.05) is 5.92 Å². The fraction of sp³-hybridized carbons (Fsp3) is 0.650. The Bertz CT molecular complexity index is 535. The lowest BCUT2D eigenvalue weighted by Gasteiger charge is -2.33. The minimum absolute atomic E-state index is 0. The van der Waals surface area contributed by atoms with E-state index >= 15 is 0 Å². The van der Waals surface area contributed by atoms with Crippen LogP contribution < -0.4 is 10.6 Å². The third-order valence-electron chi connectivity index (χ3n) is 5.31. The van der Waals surface area contributed by atoms with Gasteiger partial charge in [-0.2, -0.15) is 0 Å². The average molecular weight is 351 g/mol. The molecule has 1 saturated carbocycles. The van der Waals surface area contributed by atoms with Crippen molar-refractivity contribution in [2.24, 2.45) is 23.7 Å². The van der Waals surface area contributed by atoms with Crippen molar-refractivity contribution in [2.45, 2.75) is 46.1 Å². The average Bonchev–Trinajstić information content (AvgIpc) is 3.27. The number of hydrogen-bond donors (Lipinski definition) is 2. The molecule has 1 aromatic rings. The molecule has 1 aliphatic heterocycles. The Balaban J connectivity index is 0.00000208. The van der Waals surface area contributed by atoms with Crippen molar-refractivity contribution in [3.63, 3.8) is 0 Å². The second kappa shape index (κ2) is 8.35. The van der Waals surface area contributed by atoms with E-state index < -0.39 is 0 Å². The van der Waals surface area contributed by atoms with Gasteiger partial charge in [-0.25, -0.2) is 0 Å². The van der Waals surface area contributed by atoms with Crippen LogP contribution >= 0.6 is 12.4 Å². The van der Waals surface area contributed by atoms with Gasteiger partial charge < -0.3 is 10.6 Å². The molecule has 2 unspecified atom stereocenters. The maximum absolute atomic E-state index is 12.6. The highest BCUT2D eigenvalue weighted by molar-refractivity contribution is 5.85. The van der Waals surface area contributed by atoms with E-state index in [-0.39, 0.29) is 30.3 Å². The highest BCUT2D eigenvalue weighted by Gasteiger charge is 2.36. The van der Waals surface area contributed by atoms with Crippen LogP contribution in [0.15, 0.2) is 24.3 Å². The van der Waals surface area contributed by atoms with Gasteiger partial charge in [0.2, 0.25) is 5.91 Å². The number of nitrogens with one attached hydrogen (secondary N) is 2. The molecule has 1 saturated heterocycles. The van der Waals surface area contributed by atoms with Gasteiger partial charge in [0.1, 0.15) is 0 Å². The molecule has 1 aliphatic carbocycles. The lowest BCUT2D eigenvalue weighted by molar-refractivity contribution is -0.127. The monoisotopic (exact) mass is 350 g/mol. The molecule has 4 heteroatoms. The number of halogens is 1. The van der Waals surface area contributed by atoms with Gasteiger partial charge in [-0.15, -0.1) is 12.4 Å². The van der Waals surface area contributed by atoms with Crippen molar-refractivity contribution in [1.82, 2.24) is 10.6 Å². The zero-order valence-electron chi connectivity index (χ0n) is 15.0. The van der Waals surface area contributed by atoms with E-state index in [9.17, 15) is 4.79 Å². The van der Waals surface area contributed by atoms with Crippen LogP contribution in [0.3, 0.4) is 0 Å². The Morgan fingerprint density at radius 3 is 2.21 bits per heavy atom. The molecule has 0 aromatic heterocycles. The molecule has 134 valence electrons. The third kappa shape index (κ3) is 4.73. The molecule has 2 atom stereocenters. The Labute approximate surface area is 152 Å². The van der Waals surface area contributed by atoms with Crippen molar-refractivity contribution in [1.29, 1.82) is 0 Å². The zero-order chi connectivity index (χ0) is 16.4. The van der Waals surface area contributed by atoms with Crippen molar-refractivity contribution in [2.75, 3.05) is 13.1 Å². The molecule has 2 fully saturated rings. The Hall–Kier alpha value is -1.06. The summed E-state index contributed by atoms with van der Waals surface area (Å²) in [5, 5.41) is 6.60. The predicted molar refractivity (Wildman–Crippen MR) is 101 cm³/mol. The maximum Gasteiger partial charge on any atom is 0.223 e. The number of amides is 1. The number of benzene rings is 1. The molecule has 0 bridgehead atoms. The topological polar surface area (TPSA) is 41.1 Å². The molecule has 0 spiro atoms. The molecule has 1 heterocycles. The van der Waals surface area contributed by atoms with Crippen LogP contribution in [-0.2, 0) is 11.2 Å². The summed E-state index contributed by atoms with van der Waals surface area (Å²) in [4.78, 5) is 12.6. The maximum atomic E-state index is 12.6. The number of hydrogen-bond acceptors (Lipinski definition) is 2. The fourth-order valence-corrected chi connectivity index (χ4v) is 3.40. The summed E-state index contributed by atoms with van der Waals surface area (Å²) < 4.78 is 0. The van der Waals surface area contributed by atoms with Crippen molar-refractivity contribution in [3.8, 4) is 0 Å². The van der Waals surface area contributed by atoms with Gasteiger partial charge in [0.25, 0.3) is 0 Å². The first-order valence-electron chi connectivity index (χ1n) is 9.14. The van der Waals surface area contributed by atoms with E-state index in [2.05, 4.69) is 55.7 Å². The van der Waals surface area contributed by atoms with Crippen LogP contribution in [0, 0.1) is 23.7 Å². The van der Waals surface area contributed by atoms with E-state index in [0.717, 1.165) is 19.5 Å². The molecule has 1 amide bonds. The van der Waals surface area contributed by atoms with E-state index in [1.165, 1.54) is 24.0 Å². The summed E-state index contributed by atoms with van der Waals surface area (Å²) in [6, 6.07) is 9.10. The molecule has 3 rings (SSSR count). The molecular weight excluding hydrogens is 320 g/mol. The molecule has 3 nitrogen and oxygen atoms in total. The van der Waals surface area contributed by atoms with Gasteiger partial charge >= 0.3 is 0 Å². The van der Waals surface area contributed by atoms with E-state index in [4.69, 9.17) is 0 Å². The number of rotatable bonds is 7. The van der Waals surface area contributed by atoms with Crippen LogP contribution in [0.1, 0.15) is 50.8 Å². The number of carbonyl (C=O) groups is 1. The molecular formula is C20H31ClN2O. The van der Waals surface area contributed by atoms with E-state index in [0.29, 0.717) is 17.8 Å². The van der Waals surface area contributed by atoms with Gasteiger partial charge in [-0.05, 0) is 61.2 Å². The molecule has 24 heavy (non-hydrogen) atoms. The van der Waals surface area contributed by atoms with Crippen LogP contribution in [0.5, 0.6) is 0 Å². The first-order chi connectivity index (χ1) is 11.0. The molecule has 2 aliphatic rings. The summed E-state index contributed by atoms with van der Waals surface area (Å²) in [5.74, 6) is 2.14. The SMILES string of the molecule is CC(C)Cc1ccc(C(NC(=O)C(C)C2CNC2)C2CC2)cc1.Cl. The number of carbonyl (C=O) groups excluding carboxylic acids is 1. The van der Waals surface area contributed by atoms with E-state index in [1.54, 1.807) is 0 Å². The van der Waals surface area contributed by atoms with Gasteiger partial charge in [-0.1, -0.05) is 45.0 Å². The van der Waals surface area contributed by atoms with Gasteiger partial charge in [0.05, 0.1) is 6.04 Å². The second-order valence-corrected chi connectivity index (χ2v) is 7.87. The highest BCUT2D eigenvalue weighted by atomic mass is 35.5. The van der Waals surface area contributed by atoms with Crippen LogP contribution in [0.4, 0.5) is 0 Å². The zero-order valence-corrected chi connectivity index (χ0v) is 15.9. The largest absolute Gasteiger partial charge is 0.349 e. The lowest BCUT2D eigenvalue weighted by Crippen LogP contribution is -2.50. The quantitative estimate of drug-likeness (QED) is 0.786. The van der Waals surface area contributed by atoms with Crippen molar-refractivity contribution >= 4 is 18.3 Å². The Morgan fingerprint density at radius 1 is 1.12 bits per heavy atom. The lowest BCUT2D eigenvalue weighted by atomic mass is 9.87. The molecule has 1 aromatic carbocycles. The summed E-state index contributed by atoms with van der Waals surface area (Å²) in [7, 11) is 0. The summed E-state index contributed by atoms with van der Waals surface area (Å²) in [5.41, 5.74) is 2.66. The standard InChI is InChI=1S/C20H30N2O.ClH/c1-13(2)10-15-4-6-16(7-5-15)19(17-8-9-17)22-20(23)14(3)18-11-21-12-18;/h4-7,13-14,17-19,21H,8-12H2,1-3H3,(H,22,23);1H. The highest BCUT2D eigenvalue weighted by Crippen LogP contribution is 2.41. The Kier molecular flexibility index (Phi) is 6.70. The predicted octanol–water partition coefficient (Wildman–Crippen LogP) is 3.73. The van der Waals surface area contributed by atoms with Gasteiger partial charge in [0.15, 0.2) is 0 Å². The molecule has 0 radical (unpaired) electrons. The first kappa shape index (κ1) is 19.3. The third-order valence-corrected chi connectivity index (χ3v) is 5.31. The van der Waals surface area contributed by atoms with Gasteiger partial charge in [-0.3, -0.25) is 4.79 Å². The fourth-order valence-electron chi connectivity index (χ4n) is 3.40. The van der Waals surface area contributed by atoms with Crippen molar-refractivity contribution < 1.29 is 4.79 Å². The van der Waals surface area contributed by atoms with Crippen LogP contribution in [-0.4, -0.2) is 19.0 Å². The van der Waals surface area contributed by atoms with Crippen molar-refractivity contribution in [3.05, 3.63) is 35.4 Å². The summed E-state index contributed by atoms with van der Waals surface area (Å²) >= 11 is 0. The summed E-state index contributed by atoms with van der Waals surface area (Å²) in [6.07, 6.45) is 3.59. The summed E-state index contributed by atoms with van der Waals surface area (Å²) in [6.45, 7) is 8.52. The first-order valence-corrected chi connectivity index (χ1v) is 9.14. The van der Waals surface area contributed by atoms with Crippen LogP contribution in [0.2, 0.25) is 0 Å². The van der Waals surface area contributed by atoms with Crippen LogP contribution in [0.25, 0.3) is 0 Å². The van der Waals surface area contributed by atoms with E-state index in [1.807, 2.05) is 0 Å². The Morgan fingerprint density at radius 2 is 1.75 bits per heavy atom. The molecule has 2 N–H and O–H groups in total. The second-order valence-electron chi connectivity index (χ2n) is 7.87. The normalized spacial score (nSPS) is 20.0. The minimum atomic E-state index is 0. The minimum Gasteiger partial charge on any atom is -0.349 e. The smallest absolute Gasteiger partial charge is 0.223 e.